The fraction of sp³-hybridized carbons (Fsp3) is 1.00. The molecule has 0 amide bonds. The summed E-state index contributed by atoms with van der Waals surface area (Å²) in [7, 11) is 0.337. The van der Waals surface area contributed by atoms with E-state index in [4.69, 9.17) is 13.9 Å². The molecule has 0 radical (unpaired) electrons. The lowest BCUT2D eigenvalue weighted by Gasteiger charge is -2.28. The molecule has 1 aliphatic heterocycles. The summed E-state index contributed by atoms with van der Waals surface area (Å²) < 4.78 is 16.3. The first-order valence-corrected chi connectivity index (χ1v) is 10.3. The first-order chi connectivity index (χ1) is 9.03. The zero-order chi connectivity index (χ0) is 14.1. The first-order valence-electron chi connectivity index (χ1n) is 7.14. The number of aliphatic hydroxyl groups is 1. The van der Waals surface area contributed by atoms with Gasteiger partial charge in [0.25, 0.3) is 0 Å². The summed E-state index contributed by atoms with van der Waals surface area (Å²) in [6, 6.07) is 1.10. The summed E-state index contributed by atoms with van der Waals surface area (Å²) in [5, 5.41) is 9.88. The van der Waals surface area contributed by atoms with Crippen molar-refractivity contribution in [1.82, 2.24) is 4.90 Å². The molecule has 1 fully saturated rings. The van der Waals surface area contributed by atoms with E-state index >= 15 is 0 Å². The molecule has 0 aromatic heterocycles. The first kappa shape index (κ1) is 17.1. The van der Waals surface area contributed by atoms with Crippen LogP contribution >= 0.6 is 0 Å². The van der Waals surface area contributed by atoms with Gasteiger partial charge in [0.1, 0.15) is 0 Å². The third-order valence-corrected chi connectivity index (χ3v) is 6.17. The van der Waals surface area contributed by atoms with Gasteiger partial charge in [0.15, 0.2) is 8.32 Å². The van der Waals surface area contributed by atoms with Gasteiger partial charge in [-0.25, -0.2) is 0 Å². The number of aliphatic hydroxyl groups excluding tert-OH is 1. The van der Waals surface area contributed by atoms with Crippen molar-refractivity contribution in [2.45, 2.75) is 31.7 Å². The Morgan fingerprint density at radius 1 is 1.32 bits per heavy atom. The van der Waals surface area contributed by atoms with E-state index < -0.39 is 14.4 Å². The molecule has 0 aliphatic carbocycles. The van der Waals surface area contributed by atoms with Crippen LogP contribution in [0, 0.1) is 0 Å². The smallest absolute Gasteiger partial charge is 0.186 e. The van der Waals surface area contributed by atoms with E-state index in [1.165, 1.54) is 0 Å². The maximum Gasteiger partial charge on any atom is 0.186 e. The number of rotatable bonds is 9. The van der Waals surface area contributed by atoms with Gasteiger partial charge in [0.2, 0.25) is 0 Å². The minimum absolute atomic E-state index is 0.397. The third kappa shape index (κ3) is 8.01. The lowest BCUT2D eigenvalue weighted by Crippen LogP contribution is -2.42. The van der Waals surface area contributed by atoms with Gasteiger partial charge >= 0.3 is 0 Å². The number of hydrogen-bond acceptors (Lipinski definition) is 5. The summed E-state index contributed by atoms with van der Waals surface area (Å²) in [4.78, 5) is 2.22. The highest BCUT2D eigenvalue weighted by Crippen LogP contribution is 2.12. The molecule has 1 saturated heterocycles. The molecule has 6 heteroatoms. The average Bonchev–Trinajstić information content (AvgIpc) is 2.39. The van der Waals surface area contributed by atoms with Crippen LogP contribution in [0.15, 0.2) is 0 Å². The fourth-order valence-electron chi connectivity index (χ4n) is 2.06. The minimum atomic E-state index is -1.45. The molecule has 1 N–H and O–H groups in total. The number of hydrogen-bond donors (Lipinski definition) is 1. The van der Waals surface area contributed by atoms with Gasteiger partial charge < -0.3 is 19.0 Å². The number of ether oxygens (including phenoxy) is 2. The predicted octanol–water partition coefficient (Wildman–Crippen LogP) is 0.938. The van der Waals surface area contributed by atoms with Gasteiger partial charge in [0, 0.05) is 33.4 Å². The van der Waals surface area contributed by atoms with Crippen molar-refractivity contribution in [3.8, 4) is 0 Å². The van der Waals surface area contributed by atoms with Crippen LogP contribution in [-0.2, 0) is 13.9 Å². The molecule has 1 aliphatic rings. The van der Waals surface area contributed by atoms with Crippen molar-refractivity contribution in [1.29, 1.82) is 0 Å². The summed E-state index contributed by atoms with van der Waals surface area (Å²) in [5.74, 6) is 0. The van der Waals surface area contributed by atoms with E-state index in [9.17, 15) is 5.11 Å². The Labute approximate surface area is 118 Å². The van der Waals surface area contributed by atoms with Gasteiger partial charge in [-0.3, -0.25) is 4.90 Å². The Bertz CT molecular complexity index is 235. The molecule has 1 unspecified atom stereocenters. The van der Waals surface area contributed by atoms with E-state index in [-0.39, 0.29) is 0 Å². The quantitative estimate of drug-likeness (QED) is 0.506. The number of morpholine rings is 1. The summed E-state index contributed by atoms with van der Waals surface area (Å²) >= 11 is 0. The molecule has 0 saturated carbocycles. The minimum Gasteiger partial charge on any atom is -0.420 e. The standard InChI is InChI=1S/C13H29NO4Si/c1-16-19(2,3)10-4-7-18-12-13(15)11-14-5-8-17-9-6-14/h13,15H,4-12H2,1-3H3. The zero-order valence-electron chi connectivity index (χ0n) is 12.6. The molecular formula is C13H29NO4Si. The Kier molecular flexibility index (Phi) is 8.13. The maximum atomic E-state index is 9.88. The number of β-amino-alcohol motifs (C(OH)–C–C–N with tert-alkyl or cyclic N) is 1. The van der Waals surface area contributed by atoms with Crippen molar-refractivity contribution in [3.63, 3.8) is 0 Å². The van der Waals surface area contributed by atoms with Crippen LogP contribution in [0.25, 0.3) is 0 Å². The van der Waals surface area contributed by atoms with E-state index in [1.807, 2.05) is 0 Å². The lowest BCUT2D eigenvalue weighted by molar-refractivity contribution is -0.0140. The second kappa shape index (κ2) is 9.04. The molecule has 1 rings (SSSR count). The van der Waals surface area contributed by atoms with Crippen LogP contribution in [0.4, 0.5) is 0 Å². The molecule has 0 bridgehead atoms. The predicted molar refractivity (Wildman–Crippen MR) is 78.0 cm³/mol. The highest BCUT2D eigenvalue weighted by Gasteiger charge is 2.19. The van der Waals surface area contributed by atoms with Gasteiger partial charge in [-0.05, 0) is 25.6 Å². The second-order valence-corrected chi connectivity index (χ2v) is 10.1. The molecule has 0 spiro atoms. The Morgan fingerprint density at radius 3 is 2.63 bits per heavy atom. The van der Waals surface area contributed by atoms with Crippen LogP contribution in [-0.4, -0.2) is 77.6 Å². The van der Waals surface area contributed by atoms with Gasteiger partial charge in [-0.2, -0.15) is 0 Å². The van der Waals surface area contributed by atoms with Crippen molar-refractivity contribution in [3.05, 3.63) is 0 Å². The highest BCUT2D eigenvalue weighted by atomic mass is 28.4. The highest BCUT2D eigenvalue weighted by molar-refractivity contribution is 6.71. The summed E-state index contributed by atoms with van der Waals surface area (Å²) in [6.45, 7) is 9.58. The normalized spacial score (nSPS) is 19.6. The van der Waals surface area contributed by atoms with Crippen molar-refractivity contribution < 1.29 is 19.0 Å². The van der Waals surface area contributed by atoms with Crippen LogP contribution in [0.1, 0.15) is 6.42 Å². The van der Waals surface area contributed by atoms with Crippen LogP contribution in [0.3, 0.4) is 0 Å². The molecule has 0 aromatic rings. The fourth-order valence-corrected chi connectivity index (χ4v) is 3.26. The SMILES string of the molecule is CO[Si](C)(C)CCCOCC(O)CN1CCOCC1. The summed E-state index contributed by atoms with van der Waals surface area (Å²) in [6.07, 6.45) is 0.614. The van der Waals surface area contributed by atoms with Gasteiger partial charge in [0.05, 0.1) is 25.9 Å². The average molecular weight is 291 g/mol. The number of nitrogens with zero attached hydrogens (tertiary/aromatic N) is 1. The van der Waals surface area contributed by atoms with Crippen LogP contribution < -0.4 is 0 Å². The molecule has 0 aromatic carbocycles. The Morgan fingerprint density at radius 2 is 2.00 bits per heavy atom. The van der Waals surface area contributed by atoms with Crippen molar-refractivity contribution >= 4 is 8.32 Å². The van der Waals surface area contributed by atoms with E-state index in [0.29, 0.717) is 19.8 Å². The van der Waals surface area contributed by atoms with E-state index in [0.717, 1.165) is 38.8 Å². The molecule has 114 valence electrons. The lowest BCUT2D eigenvalue weighted by atomic mass is 10.3. The topological polar surface area (TPSA) is 51.2 Å². The van der Waals surface area contributed by atoms with Crippen LogP contribution in [0.5, 0.6) is 0 Å². The summed E-state index contributed by atoms with van der Waals surface area (Å²) in [5.41, 5.74) is 0. The zero-order valence-corrected chi connectivity index (χ0v) is 13.6. The molecular weight excluding hydrogens is 262 g/mol. The largest absolute Gasteiger partial charge is 0.420 e. The van der Waals surface area contributed by atoms with E-state index in [1.54, 1.807) is 7.11 Å². The maximum absolute atomic E-state index is 9.88. The van der Waals surface area contributed by atoms with Crippen molar-refractivity contribution in [2.24, 2.45) is 0 Å². The third-order valence-electron chi connectivity index (χ3n) is 3.50. The monoisotopic (exact) mass is 291 g/mol. The van der Waals surface area contributed by atoms with Gasteiger partial charge in [-0.15, -0.1) is 0 Å². The van der Waals surface area contributed by atoms with E-state index in [2.05, 4.69) is 18.0 Å². The Hall–Kier alpha value is 0.0169. The second-order valence-electron chi connectivity index (χ2n) is 5.71. The molecule has 5 nitrogen and oxygen atoms in total. The molecule has 19 heavy (non-hydrogen) atoms. The Balaban J connectivity index is 1.99. The molecule has 1 atom stereocenters. The molecule has 1 heterocycles. The van der Waals surface area contributed by atoms with Gasteiger partial charge in [-0.1, -0.05) is 0 Å². The van der Waals surface area contributed by atoms with Crippen LogP contribution in [0.2, 0.25) is 19.1 Å². The van der Waals surface area contributed by atoms with Crippen molar-refractivity contribution in [2.75, 3.05) is 53.2 Å².